The molecule has 2 aliphatic carbocycles. The average molecular weight is 311 g/mol. The molecule has 1 unspecified atom stereocenters. The fraction of sp³-hybridized carbons (Fsp3) is 0.895. The fourth-order valence-electron chi connectivity index (χ4n) is 4.65. The van der Waals surface area contributed by atoms with Crippen LogP contribution in [0.3, 0.4) is 0 Å². The molecular formula is C19H34OS. The van der Waals surface area contributed by atoms with Crippen molar-refractivity contribution in [3.05, 3.63) is 11.6 Å². The average Bonchev–Trinajstić information content (AvgIpc) is 2.73. The Morgan fingerprint density at radius 1 is 1.43 bits per heavy atom. The van der Waals surface area contributed by atoms with E-state index in [1.807, 2.05) is 0 Å². The molecule has 1 fully saturated rings. The first-order chi connectivity index (χ1) is 9.66. The van der Waals surface area contributed by atoms with Crippen molar-refractivity contribution in [2.24, 2.45) is 23.2 Å². The Labute approximate surface area is 134 Å². The summed E-state index contributed by atoms with van der Waals surface area (Å²) < 4.78 is 12.2. The summed E-state index contributed by atoms with van der Waals surface area (Å²) in [6, 6.07) is 0. The Balaban J connectivity index is 2.00. The SMILES string of the molecule is C[C@H](CCS(=O)C(C)(C)C)C1=CC[C@H]2[C@@H](C)CCC[C@]12C. The van der Waals surface area contributed by atoms with Crippen molar-refractivity contribution in [3.63, 3.8) is 0 Å². The summed E-state index contributed by atoms with van der Waals surface area (Å²) in [6.07, 6.45) is 9.04. The van der Waals surface area contributed by atoms with Gasteiger partial charge in [0.15, 0.2) is 0 Å². The number of rotatable bonds is 4. The summed E-state index contributed by atoms with van der Waals surface area (Å²) in [5, 5.41) is 0. The van der Waals surface area contributed by atoms with Gasteiger partial charge in [-0.25, -0.2) is 0 Å². The van der Waals surface area contributed by atoms with Crippen LogP contribution in [0.25, 0.3) is 0 Å². The van der Waals surface area contributed by atoms with Crippen molar-refractivity contribution in [1.82, 2.24) is 0 Å². The van der Waals surface area contributed by atoms with E-state index >= 15 is 0 Å². The Morgan fingerprint density at radius 3 is 2.71 bits per heavy atom. The quantitative estimate of drug-likeness (QED) is 0.641. The molecule has 0 heterocycles. The highest BCUT2D eigenvalue weighted by Gasteiger charge is 2.46. The van der Waals surface area contributed by atoms with Gasteiger partial charge in [0.1, 0.15) is 0 Å². The third kappa shape index (κ3) is 3.46. The van der Waals surface area contributed by atoms with E-state index in [1.165, 1.54) is 25.7 Å². The van der Waals surface area contributed by atoms with Crippen LogP contribution in [0.4, 0.5) is 0 Å². The van der Waals surface area contributed by atoms with Crippen LogP contribution in [0.5, 0.6) is 0 Å². The minimum Gasteiger partial charge on any atom is -0.259 e. The van der Waals surface area contributed by atoms with Crippen LogP contribution in [-0.4, -0.2) is 14.7 Å². The zero-order valence-electron chi connectivity index (χ0n) is 14.9. The lowest BCUT2D eigenvalue weighted by molar-refractivity contribution is 0.110. The maximum Gasteiger partial charge on any atom is 0.0375 e. The van der Waals surface area contributed by atoms with E-state index in [1.54, 1.807) is 5.57 Å². The number of fused-ring (bicyclic) bond motifs is 1. The molecule has 1 saturated carbocycles. The van der Waals surface area contributed by atoms with Crippen molar-refractivity contribution >= 4 is 10.8 Å². The lowest BCUT2D eigenvalue weighted by Gasteiger charge is -2.44. The molecule has 0 radical (unpaired) electrons. The third-order valence-electron chi connectivity index (χ3n) is 6.06. The van der Waals surface area contributed by atoms with E-state index in [0.29, 0.717) is 11.3 Å². The smallest absolute Gasteiger partial charge is 0.0375 e. The van der Waals surface area contributed by atoms with Crippen molar-refractivity contribution in [2.45, 2.75) is 78.4 Å². The molecule has 0 aromatic rings. The summed E-state index contributed by atoms with van der Waals surface area (Å²) in [5.41, 5.74) is 2.12. The predicted molar refractivity (Wildman–Crippen MR) is 93.9 cm³/mol. The Hall–Kier alpha value is -0.110. The summed E-state index contributed by atoms with van der Waals surface area (Å²) >= 11 is 0. The van der Waals surface area contributed by atoms with Crippen molar-refractivity contribution in [1.29, 1.82) is 0 Å². The Kier molecular flexibility index (Phi) is 5.08. The highest BCUT2D eigenvalue weighted by Crippen LogP contribution is 2.56. The summed E-state index contributed by atoms with van der Waals surface area (Å²) in [4.78, 5) is 0. The molecule has 0 saturated heterocycles. The maximum absolute atomic E-state index is 12.3. The highest BCUT2D eigenvalue weighted by molar-refractivity contribution is 7.86. The second-order valence-corrected chi connectivity index (χ2v) is 11.0. The second kappa shape index (κ2) is 6.18. The lowest BCUT2D eigenvalue weighted by Crippen LogP contribution is -2.35. The van der Waals surface area contributed by atoms with E-state index in [0.717, 1.165) is 24.0 Å². The van der Waals surface area contributed by atoms with Gasteiger partial charge in [-0.15, -0.1) is 0 Å². The molecule has 0 aliphatic heterocycles. The van der Waals surface area contributed by atoms with Gasteiger partial charge >= 0.3 is 0 Å². The van der Waals surface area contributed by atoms with Gasteiger partial charge < -0.3 is 0 Å². The monoisotopic (exact) mass is 310 g/mol. The van der Waals surface area contributed by atoms with Crippen LogP contribution in [0, 0.1) is 23.2 Å². The minimum atomic E-state index is -0.716. The molecule has 122 valence electrons. The molecule has 0 bridgehead atoms. The van der Waals surface area contributed by atoms with Crippen LogP contribution in [0.2, 0.25) is 0 Å². The lowest BCUT2D eigenvalue weighted by atomic mass is 9.60. The molecule has 2 rings (SSSR count). The first-order valence-corrected chi connectivity index (χ1v) is 10.1. The van der Waals surface area contributed by atoms with Crippen molar-refractivity contribution < 1.29 is 4.21 Å². The van der Waals surface area contributed by atoms with E-state index in [2.05, 4.69) is 47.6 Å². The van der Waals surface area contributed by atoms with Crippen molar-refractivity contribution in [2.75, 3.05) is 5.75 Å². The van der Waals surface area contributed by atoms with E-state index in [9.17, 15) is 4.21 Å². The van der Waals surface area contributed by atoms with Gasteiger partial charge in [-0.2, -0.15) is 0 Å². The van der Waals surface area contributed by atoms with Gasteiger partial charge in [-0.05, 0) is 63.2 Å². The van der Waals surface area contributed by atoms with Gasteiger partial charge in [-0.1, -0.05) is 45.3 Å². The van der Waals surface area contributed by atoms with Gasteiger partial charge in [0.25, 0.3) is 0 Å². The zero-order valence-corrected chi connectivity index (χ0v) is 15.7. The molecule has 2 heteroatoms. The number of allylic oxidation sites excluding steroid dienone is 2. The Morgan fingerprint density at radius 2 is 2.10 bits per heavy atom. The first-order valence-electron chi connectivity index (χ1n) is 8.75. The summed E-state index contributed by atoms with van der Waals surface area (Å²) in [7, 11) is -0.716. The van der Waals surface area contributed by atoms with Gasteiger partial charge in [0.2, 0.25) is 0 Å². The molecule has 0 aromatic carbocycles. The molecule has 5 atom stereocenters. The van der Waals surface area contributed by atoms with Crippen LogP contribution >= 0.6 is 0 Å². The molecule has 1 nitrogen and oxygen atoms in total. The fourth-order valence-corrected chi connectivity index (χ4v) is 5.83. The van der Waals surface area contributed by atoms with Crippen LogP contribution in [0.15, 0.2) is 11.6 Å². The summed E-state index contributed by atoms with van der Waals surface area (Å²) in [6.45, 7) is 13.6. The molecule has 0 spiro atoms. The van der Waals surface area contributed by atoms with E-state index in [-0.39, 0.29) is 4.75 Å². The minimum absolute atomic E-state index is 0.0738. The maximum atomic E-state index is 12.3. The molecule has 0 amide bonds. The molecule has 0 aromatic heterocycles. The largest absolute Gasteiger partial charge is 0.259 e. The molecule has 2 aliphatic rings. The van der Waals surface area contributed by atoms with Gasteiger partial charge in [0, 0.05) is 21.3 Å². The number of hydrogen-bond acceptors (Lipinski definition) is 1. The van der Waals surface area contributed by atoms with Crippen LogP contribution in [0.1, 0.15) is 73.6 Å². The highest BCUT2D eigenvalue weighted by atomic mass is 32.2. The molecule has 21 heavy (non-hydrogen) atoms. The van der Waals surface area contributed by atoms with Gasteiger partial charge in [0.05, 0.1) is 0 Å². The second-order valence-electron chi connectivity index (χ2n) is 8.64. The predicted octanol–water partition coefficient (Wildman–Crippen LogP) is 5.33. The number of hydrogen-bond donors (Lipinski definition) is 0. The summed E-state index contributed by atoms with van der Waals surface area (Å²) in [5.74, 6) is 3.17. The molecular weight excluding hydrogens is 276 g/mol. The first kappa shape index (κ1) is 17.2. The normalized spacial score (nSPS) is 36.0. The van der Waals surface area contributed by atoms with Crippen molar-refractivity contribution in [3.8, 4) is 0 Å². The topological polar surface area (TPSA) is 17.1 Å². The molecule has 0 N–H and O–H groups in total. The Bertz CT molecular complexity index is 431. The standard InChI is InChI=1S/C19H34OS/c1-14-8-7-12-19(6)16(14)9-10-17(19)15(2)11-13-21(20)18(3,4)5/h10,14-16H,7-9,11-13H2,1-6H3/t14-,15+,16-,19-,21?/m0/s1. The van der Waals surface area contributed by atoms with E-state index < -0.39 is 10.8 Å². The van der Waals surface area contributed by atoms with Crippen LogP contribution < -0.4 is 0 Å². The third-order valence-corrected chi connectivity index (χ3v) is 8.03. The van der Waals surface area contributed by atoms with E-state index in [4.69, 9.17) is 0 Å². The zero-order chi connectivity index (χ0) is 15.8. The van der Waals surface area contributed by atoms with Gasteiger partial charge in [-0.3, -0.25) is 4.21 Å². The van der Waals surface area contributed by atoms with Crippen LogP contribution in [-0.2, 0) is 10.8 Å².